The first-order chi connectivity index (χ1) is 21.6. The van der Waals surface area contributed by atoms with Gasteiger partial charge >= 0.3 is 0 Å². The number of imide groups is 2. The van der Waals surface area contributed by atoms with Crippen molar-refractivity contribution in [1.82, 2.24) is 15.5 Å². The van der Waals surface area contributed by atoms with Crippen molar-refractivity contribution >= 4 is 45.2 Å². The molecule has 1 unspecified atom stereocenters. The number of carbonyl (C=O) groups excluding carboxylic acids is 5. The lowest BCUT2D eigenvalue weighted by Crippen LogP contribution is -2.54. The smallest absolute Gasteiger partial charge is 0.264 e. The quantitative estimate of drug-likeness (QED) is 0.150. The first-order valence-corrected chi connectivity index (χ1v) is 17.1. The number of sulfonamides is 1. The van der Waals surface area contributed by atoms with E-state index in [0.717, 1.165) is 69.1 Å². The van der Waals surface area contributed by atoms with Gasteiger partial charge in [0.05, 0.1) is 16.0 Å². The number of primary sulfonamides is 1. The van der Waals surface area contributed by atoms with Crippen LogP contribution in [0, 0.1) is 0 Å². The molecule has 2 aromatic carbocycles. The Morgan fingerprint density at radius 1 is 0.822 bits per heavy atom. The predicted molar refractivity (Wildman–Crippen MR) is 168 cm³/mol. The molecule has 13 heteroatoms. The number of rotatable bonds is 17. The highest BCUT2D eigenvalue weighted by Gasteiger charge is 2.45. The molecule has 45 heavy (non-hydrogen) atoms. The molecule has 0 aromatic heterocycles. The van der Waals surface area contributed by atoms with Gasteiger partial charge in [0.1, 0.15) is 6.04 Å². The number of hydrogen-bond donors (Lipinski definition) is 4. The van der Waals surface area contributed by atoms with E-state index in [1.165, 1.54) is 24.3 Å². The third-order valence-corrected chi connectivity index (χ3v) is 9.05. The molecule has 1 fully saturated rings. The van der Waals surface area contributed by atoms with Crippen LogP contribution in [0.15, 0.2) is 47.4 Å². The van der Waals surface area contributed by atoms with Crippen molar-refractivity contribution in [3.05, 3.63) is 59.2 Å². The van der Waals surface area contributed by atoms with E-state index in [9.17, 15) is 32.4 Å². The highest BCUT2D eigenvalue weighted by molar-refractivity contribution is 7.89. The number of unbranched alkanes of at least 4 members (excludes halogenated alkanes) is 9. The van der Waals surface area contributed by atoms with Crippen molar-refractivity contribution in [3.8, 4) is 0 Å². The molecule has 5 N–H and O–H groups in total. The molecule has 242 valence electrons. The summed E-state index contributed by atoms with van der Waals surface area (Å²) in [7, 11) is -3.78. The highest BCUT2D eigenvalue weighted by atomic mass is 32.2. The Labute approximate surface area is 263 Å². The maximum atomic E-state index is 13.2. The van der Waals surface area contributed by atoms with E-state index in [1.54, 1.807) is 18.2 Å². The standard InChI is InChI=1S/C32H41N5O7S/c33-45(43,44)23-16-14-22(15-17-23)29(39)35-21-10-8-6-4-2-1-3-5-7-9-20-34-25-13-11-12-24-28(25)32(42)37(31(24)41)26-18-19-27(38)36-30(26)40/h11-17,26,34H,1-10,18-21H2,(H,35,39)(H2,33,43,44)(H,36,38,40). The maximum absolute atomic E-state index is 13.2. The fourth-order valence-electron chi connectivity index (χ4n) is 5.65. The molecule has 0 spiro atoms. The number of benzene rings is 2. The number of carbonyl (C=O) groups is 5. The van der Waals surface area contributed by atoms with Gasteiger partial charge in [0, 0.05) is 30.8 Å². The van der Waals surface area contributed by atoms with Crippen LogP contribution in [0.5, 0.6) is 0 Å². The zero-order chi connectivity index (χ0) is 32.4. The number of anilines is 1. The van der Waals surface area contributed by atoms with Crippen molar-refractivity contribution in [2.45, 2.75) is 88.0 Å². The van der Waals surface area contributed by atoms with Crippen molar-refractivity contribution in [2.24, 2.45) is 5.14 Å². The maximum Gasteiger partial charge on any atom is 0.264 e. The van der Waals surface area contributed by atoms with Crippen LogP contribution < -0.4 is 21.1 Å². The molecule has 2 aromatic rings. The number of nitrogens with zero attached hydrogens (tertiary/aromatic N) is 1. The van der Waals surface area contributed by atoms with Gasteiger partial charge in [-0.2, -0.15) is 0 Å². The second-order valence-corrected chi connectivity index (χ2v) is 13.0. The van der Waals surface area contributed by atoms with Gasteiger partial charge in [-0.15, -0.1) is 0 Å². The van der Waals surface area contributed by atoms with Crippen LogP contribution in [0.2, 0.25) is 0 Å². The topological polar surface area (TPSA) is 185 Å². The van der Waals surface area contributed by atoms with Crippen molar-refractivity contribution in [3.63, 3.8) is 0 Å². The minimum Gasteiger partial charge on any atom is -0.384 e. The zero-order valence-corrected chi connectivity index (χ0v) is 26.1. The van der Waals surface area contributed by atoms with Gasteiger partial charge in [0.15, 0.2) is 0 Å². The molecular formula is C32H41N5O7S. The first-order valence-electron chi connectivity index (χ1n) is 15.6. The highest BCUT2D eigenvalue weighted by Crippen LogP contribution is 2.32. The Bertz CT molecular complexity index is 1520. The van der Waals surface area contributed by atoms with E-state index in [2.05, 4.69) is 16.0 Å². The summed E-state index contributed by atoms with van der Waals surface area (Å²) >= 11 is 0. The molecular weight excluding hydrogens is 598 g/mol. The lowest BCUT2D eigenvalue weighted by atomic mass is 10.0. The van der Waals surface area contributed by atoms with E-state index in [1.807, 2.05) is 0 Å². The second-order valence-electron chi connectivity index (χ2n) is 11.5. The lowest BCUT2D eigenvalue weighted by molar-refractivity contribution is -0.136. The van der Waals surface area contributed by atoms with Crippen LogP contribution in [0.3, 0.4) is 0 Å². The van der Waals surface area contributed by atoms with Gasteiger partial charge in [-0.1, -0.05) is 57.4 Å². The second kappa shape index (κ2) is 15.8. The van der Waals surface area contributed by atoms with Crippen LogP contribution >= 0.6 is 0 Å². The van der Waals surface area contributed by atoms with Crippen molar-refractivity contribution in [2.75, 3.05) is 18.4 Å². The number of piperidine rings is 1. The van der Waals surface area contributed by atoms with Crippen LogP contribution in [0.1, 0.15) is 108 Å². The number of hydrogen-bond acceptors (Lipinski definition) is 8. The lowest BCUT2D eigenvalue weighted by Gasteiger charge is -2.27. The van der Waals surface area contributed by atoms with Gasteiger partial charge in [0.25, 0.3) is 17.7 Å². The summed E-state index contributed by atoms with van der Waals surface area (Å²) in [4.78, 5) is 63.1. The summed E-state index contributed by atoms with van der Waals surface area (Å²) in [5.74, 6) is -2.27. The van der Waals surface area contributed by atoms with E-state index in [0.29, 0.717) is 24.3 Å². The van der Waals surface area contributed by atoms with E-state index >= 15 is 0 Å². The van der Waals surface area contributed by atoms with E-state index < -0.39 is 39.7 Å². The largest absolute Gasteiger partial charge is 0.384 e. The fraction of sp³-hybridized carbons (Fsp3) is 0.469. The summed E-state index contributed by atoms with van der Waals surface area (Å²) in [5.41, 5.74) is 1.53. The molecule has 1 atom stereocenters. The molecule has 2 heterocycles. The minimum atomic E-state index is -3.78. The molecule has 0 radical (unpaired) electrons. The molecule has 0 saturated carbocycles. The Kier molecular flexibility index (Phi) is 11.8. The molecule has 4 rings (SSSR count). The van der Waals surface area contributed by atoms with Crippen LogP contribution in [0.4, 0.5) is 5.69 Å². The van der Waals surface area contributed by atoms with Gasteiger partial charge in [-0.3, -0.25) is 34.2 Å². The molecule has 12 nitrogen and oxygen atoms in total. The summed E-state index contributed by atoms with van der Waals surface area (Å²) < 4.78 is 22.6. The van der Waals surface area contributed by atoms with Crippen LogP contribution in [0.25, 0.3) is 0 Å². The summed E-state index contributed by atoms with van der Waals surface area (Å²) in [5, 5.41) is 13.4. The SMILES string of the molecule is NS(=O)(=O)c1ccc(C(=O)NCCCCCCCCCCCCNc2cccc3c2C(=O)N(C2CCC(=O)NC2=O)C3=O)cc1. The summed E-state index contributed by atoms with van der Waals surface area (Å²) in [6.07, 6.45) is 10.9. The van der Waals surface area contributed by atoms with Gasteiger partial charge in [-0.25, -0.2) is 13.6 Å². The van der Waals surface area contributed by atoms with E-state index in [4.69, 9.17) is 5.14 Å². The fourth-order valence-corrected chi connectivity index (χ4v) is 6.16. The Morgan fingerprint density at radius 2 is 1.42 bits per heavy atom. The molecule has 0 aliphatic carbocycles. The average Bonchev–Trinajstić information content (AvgIpc) is 3.26. The molecule has 2 aliphatic rings. The van der Waals surface area contributed by atoms with Crippen LogP contribution in [-0.4, -0.2) is 62.0 Å². The Morgan fingerprint density at radius 3 is 2.02 bits per heavy atom. The molecule has 2 aliphatic heterocycles. The monoisotopic (exact) mass is 639 g/mol. The first kappa shape index (κ1) is 33.8. The number of amides is 5. The Hall–Kier alpha value is -4.10. The Balaban J connectivity index is 1.03. The van der Waals surface area contributed by atoms with Gasteiger partial charge in [-0.05, 0) is 55.7 Å². The van der Waals surface area contributed by atoms with Crippen molar-refractivity contribution in [1.29, 1.82) is 0 Å². The molecule has 1 saturated heterocycles. The zero-order valence-electron chi connectivity index (χ0n) is 25.3. The number of fused-ring (bicyclic) bond motifs is 1. The molecule has 0 bridgehead atoms. The molecule has 5 amide bonds. The summed E-state index contributed by atoms with van der Waals surface area (Å²) in [6, 6.07) is 9.65. The minimum absolute atomic E-state index is 0.0249. The van der Waals surface area contributed by atoms with E-state index in [-0.39, 0.29) is 34.8 Å². The van der Waals surface area contributed by atoms with Crippen molar-refractivity contribution < 1.29 is 32.4 Å². The third-order valence-electron chi connectivity index (χ3n) is 8.12. The summed E-state index contributed by atoms with van der Waals surface area (Å²) in [6.45, 7) is 1.23. The normalized spacial score (nSPS) is 16.5. The third kappa shape index (κ3) is 8.98. The predicted octanol–water partition coefficient (Wildman–Crippen LogP) is 3.48. The van der Waals surface area contributed by atoms with Crippen LogP contribution in [-0.2, 0) is 19.6 Å². The number of nitrogens with two attached hydrogens (primary N) is 1. The average molecular weight is 640 g/mol. The van der Waals surface area contributed by atoms with Gasteiger partial charge < -0.3 is 10.6 Å². The number of nitrogens with one attached hydrogen (secondary N) is 3. The van der Waals surface area contributed by atoms with Gasteiger partial charge in [0.2, 0.25) is 21.8 Å².